The molecule has 0 nitrogen and oxygen atoms in total. The summed E-state index contributed by atoms with van der Waals surface area (Å²) in [6.07, 6.45) is 12.2. The van der Waals surface area contributed by atoms with E-state index in [0.29, 0.717) is 0 Å². The largest absolute Gasteiger partial charge is 0.134 e. The summed E-state index contributed by atoms with van der Waals surface area (Å²) in [6, 6.07) is 25.7. The normalized spacial score (nSPS) is 13.1. The minimum absolute atomic E-state index is 0.830. The third kappa shape index (κ3) is 4.66. The SMILES string of the molecule is CCCCCCC(CCCC)Cc1ccc2cc3c(cc2c1)sc1c2cc4ccccc4cc2sc31. The molecule has 0 fully saturated rings. The first-order valence-corrected chi connectivity index (χ1v) is 15.6. The van der Waals surface area contributed by atoms with Gasteiger partial charge in [-0.25, -0.2) is 0 Å². The third-order valence-corrected chi connectivity index (χ3v) is 10.4. The van der Waals surface area contributed by atoms with Crippen LogP contribution in [0.4, 0.5) is 0 Å². The van der Waals surface area contributed by atoms with Gasteiger partial charge in [0, 0.05) is 20.2 Å². The van der Waals surface area contributed by atoms with E-state index >= 15 is 0 Å². The number of benzene rings is 4. The molecule has 0 aliphatic heterocycles. The first kappa shape index (κ1) is 23.9. The Morgan fingerprint density at radius 1 is 0.583 bits per heavy atom. The zero-order valence-electron chi connectivity index (χ0n) is 21.6. The Morgan fingerprint density at radius 3 is 1.89 bits per heavy atom. The predicted octanol–water partition coefficient (Wildman–Crippen LogP) is 11.9. The molecule has 2 aromatic heterocycles. The van der Waals surface area contributed by atoms with Gasteiger partial charge in [-0.1, -0.05) is 108 Å². The lowest BCUT2D eigenvalue weighted by molar-refractivity contribution is 0.410. The van der Waals surface area contributed by atoms with E-state index in [2.05, 4.69) is 80.6 Å². The molecule has 1 unspecified atom stereocenters. The van der Waals surface area contributed by atoms with Crippen LogP contribution in [0.3, 0.4) is 0 Å². The van der Waals surface area contributed by atoms with Crippen LogP contribution >= 0.6 is 22.7 Å². The summed E-state index contributed by atoms with van der Waals surface area (Å²) in [7, 11) is 0. The van der Waals surface area contributed by atoms with Crippen molar-refractivity contribution in [3.8, 4) is 0 Å². The van der Waals surface area contributed by atoms with Gasteiger partial charge < -0.3 is 0 Å². The summed E-state index contributed by atoms with van der Waals surface area (Å²) in [4.78, 5) is 0. The highest BCUT2D eigenvalue weighted by Gasteiger charge is 2.15. The maximum atomic E-state index is 2.49. The van der Waals surface area contributed by atoms with Gasteiger partial charge in [0.15, 0.2) is 0 Å². The zero-order valence-corrected chi connectivity index (χ0v) is 23.2. The van der Waals surface area contributed by atoms with Gasteiger partial charge in [-0.2, -0.15) is 0 Å². The van der Waals surface area contributed by atoms with Crippen molar-refractivity contribution in [2.75, 3.05) is 0 Å². The Hall–Kier alpha value is -2.42. The van der Waals surface area contributed by atoms with E-state index in [1.807, 2.05) is 22.7 Å². The van der Waals surface area contributed by atoms with E-state index in [9.17, 15) is 0 Å². The van der Waals surface area contributed by atoms with Crippen molar-refractivity contribution in [2.24, 2.45) is 5.92 Å². The van der Waals surface area contributed by atoms with E-state index in [-0.39, 0.29) is 0 Å². The summed E-state index contributed by atoms with van der Waals surface area (Å²) in [5.74, 6) is 0.830. The van der Waals surface area contributed by atoms with Crippen molar-refractivity contribution >= 4 is 73.8 Å². The van der Waals surface area contributed by atoms with Gasteiger partial charge in [-0.15, -0.1) is 22.7 Å². The highest BCUT2D eigenvalue weighted by atomic mass is 32.1. The van der Waals surface area contributed by atoms with Crippen molar-refractivity contribution in [2.45, 2.75) is 71.6 Å². The van der Waals surface area contributed by atoms with Crippen LogP contribution in [0.5, 0.6) is 0 Å². The Labute approximate surface area is 222 Å². The summed E-state index contributed by atoms with van der Waals surface area (Å²) in [5.41, 5.74) is 1.52. The van der Waals surface area contributed by atoms with E-state index in [1.165, 1.54) is 114 Å². The Morgan fingerprint density at radius 2 is 1.19 bits per heavy atom. The number of rotatable bonds is 10. The fraction of sp³-hybridized carbons (Fsp3) is 0.353. The van der Waals surface area contributed by atoms with Crippen LogP contribution in [-0.2, 0) is 6.42 Å². The van der Waals surface area contributed by atoms with Gasteiger partial charge in [0.1, 0.15) is 0 Å². The number of thiophene rings is 2. The molecule has 0 radical (unpaired) electrons. The van der Waals surface area contributed by atoms with E-state index in [4.69, 9.17) is 0 Å². The van der Waals surface area contributed by atoms with E-state index < -0.39 is 0 Å². The molecule has 0 saturated carbocycles. The molecule has 0 amide bonds. The summed E-state index contributed by atoms with van der Waals surface area (Å²) >= 11 is 3.94. The second kappa shape index (κ2) is 10.5. The molecule has 0 saturated heterocycles. The van der Waals surface area contributed by atoms with Crippen molar-refractivity contribution in [3.63, 3.8) is 0 Å². The van der Waals surface area contributed by atoms with Gasteiger partial charge in [0.2, 0.25) is 0 Å². The Bertz CT molecular complexity index is 1650. The molecule has 1 atom stereocenters. The lowest BCUT2D eigenvalue weighted by Gasteiger charge is -2.17. The van der Waals surface area contributed by atoms with Crippen LogP contribution < -0.4 is 0 Å². The molecule has 0 bridgehead atoms. The quantitative estimate of drug-likeness (QED) is 0.161. The lowest BCUT2D eigenvalue weighted by atomic mass is 9.88. The molecule has 36 heavy (non-hydrogen) atoms. The monoisotopic (exact) mass is 508 g/mol. The molecule has 0 aliphatic rings. The van der Waals surface area contributed by atoms with Crippen LogP contribution in [0.15, 0.2) is 66.7 Å². The van der Waals surface area contributed by atoms with Crippen LogP contribution in [-0.4, -0.2) is 0 Å². The maximum absolute atomic E-state index is 2.49. The minimum atomic E-state index is 0.830. The molecule has 2 heterocycles. The highest BCUT2D eigenvalue weighted by Crippen LogP contribution is 2.46. The van der Waals surface area contributed by atoms with Crippen LogP contribution in [0.1, 0.15) is 70.8 Å². The van der Waals surface area contributed by atoms with Crippen LogP contribution in [0.2, 0.25) is 0 Å². The molecular formula is C34H36S2. The standard InChI is InChI=1S/C34H36S2/c1-3-5-7-8-12-23(11-6-4-2)17-24-15-16-27-20-30-32(22-28(27)18-24)36-33-29-19-25-13-9-10-14-26(25)21-31(29)35-34(30)33/h9-10,13-16,18-23H,3-8,11-12,17H2,1-2H3. The second-order valence-corrected chi connectivity index (χ2v) is 12.8. The van der Waals surface area contributed by atoms with E-state index in [1.54, 1.807) is 0 Å². The fourth-order valence-electron chi connectivity index (χ4n) is 5.90. The molecule has 0 spiro atoms. The maximum Gasteiger partial charge on any atom is 0.0542 e. The minimum Gasteiger partial charge on any atom is -0.134 e. The predicted molar refractivity (Wildman–Crippen MR) is 165 cm³/mol. The number of fused-ring (bicyclic) bond motifs is 7. The molecule has 184 valence electrons. The van der Waals surface area contributed by atoms with Crippen molar-refractivity contribution in [1.29, 1.82) is 0 Å². The van der Waals surface area contributed by atoms with Gasteiger partial charge in [-0.3, -0.25) is 0 Å². The van der Waals surface area contributed by atoms with Gasteiger partial charge in [0.05, 0.1) is 9.40 Å². The highest BCUT2D eigenvalue weighted by molar-refractivity contribution is 7.36. The number of hydrogen-bond donors (Lipinski definition) is 0. The van der Waals surface area contributed by atoms with Crippen molar-refractivity contribution in [3.05, 3.63) is 72.3 Å². The fourth-order valence-corrected chi connectivity index (χ4v) is 8.59. The molecule has 2 heteroatoms. The third-order valence-electron chi connectivity index (χ3n) is 7.93. The van der Waals surface area contributed by atoms with Crippen molar-refractivity contribution < 1.29 is 0 Å². The summed E-state index contributed by atoms with van der Waals surface area (Å²) in [6.45, 7) is 4.63. The van der Waals surface area contributed by atoms with E-state index in [0.717, 1.165) is 5.92 Å². The first-order chi connectivity index (χ1) is 17.7. The number of hydrogen-bond acceptors (Lipinski definition) is 2. The summed E-state index contributed by atoms with van der Waals surface area (Å²) in [5, 5.41) is 8.30. The van der Waals surface area contributed by atoms with Crippen LogP contribution in [0.25, 0.3) is 51.1 Å². The second-order valence-electron chi connectivity index (χ2n) is 10.6. The molecule has 0 N–H and O–H groups in total. The van der Waals surface area contributed by atoms with Crippen LogP contribution in [0, 0.1) is 5.92 Å². The van der Waals surface area contributed by atoms with Gasteiger partial charge >= 0.3 is 0 Å². The zero-order chi connectivity index (χ0) is 24.5. The van der Waals surface area contributed by atoms with Gasteiger partial charge in [-0.05, 0) is 63.7 Å². The average molecular weight is 509 g/mol. The molecule has 0 aliphatic carbocycles. The Kier molecular flexibility index (Phi) is 7.00. The van der Waals surface area contributed by atoms with Gasteiger partial charge in [0.25, 0.3) is 0 Å². The summed E-state index contributed by atoms with van der Waals surface area (Å²) < 4.78 is 5.75. The molecular weight excluding hydrogens is 473 g/mol. The van der Waals surface area contributed by atoms with Crippen molar-refractivity contribution in [1.82, 2.24) is 0 Å². The topological polar surface area (TPSA) is 0 Å². The molecule has 6 rings (SSSR count). The molecule has 4 aromatic carbocycles. The average Bonchev–Trinajstić information content (AvgIpc) is 3.42. The molecule has 6 aromatic rings. The smallest absolute Gasteiger partial charge is 0.0542 e. The first-order valence-electron chi connectivity index (χ1n) is 13.9. The number of unbranched alkanes of at least 4 members (excludes halogenated alkanes) is 4. The lowest BCUT2D eigenvalue weighted by Crippen LogP contribution is -2.05. The Balaban J connectivity index is 1.34.